The molecule has 0 bridgehead atoms. The number of rotatable bonds is 5. The minimum atomic E-state index is -0.145. The number of benzene rings is 2. The Morgan fingerprint density at radius 3 is 2.24 bits per heavy atom. The van der Waals surface area contributed by atoms with E-state index in [1.54, 1.807) is 0 Å². The molecule has 1 amide bonds. The molecule has 0 aliphatic carbocycles. The van der Waals surface area contributed by atoms with Crippen molar-refractivity contribution in [2.24, 2.45) is 0 Å². The quantitative estimate of drug-likeness (QED) is 0.444. The van der Waals surface area contributed by atoms with Gasteiger partial charge < -0.3 is 14.8 Å². The molecule has 2 aromatic carbocycles. The first-order chi connectivity index (χ1) is 16.3. The molecule has 0 radical (unpaired) electrons. The molecule has 0 unspecified atom stereocenters. The molecule has 3 heterocycles. The molecule has 1 aliphatic rings. The predicted molar refractivity (Wildman–Crippen MR) is 132 cm³/mol. The average Bonchev–Trinajstić information content (AvgIpc) is 3.27. The Balaban J connectivity index is 1.27. The lowest BCUT2D eigenvalue weighted by Crippen LogP contribution is -2.25. The maximum Gasteiger partial charge on any atom is 0.255 e. The van der Waals surface area contributed by atoms with Crippen molar-refractivity contribution in [1.29, 1.82) is 0 Å². The Hall–Kier alpha value is -3.93. The highest BCUT2D eigenvalue weighted by molar-refractivity contribution is 6.04. The summed E-state index contributed by atoms with van der Waals surface area (Å²) >= 11 is 0. The lowest BCUT2D eigenvalue weighted by Gasteiger charge is -2.20. The number of anilines is 2. The van der Waals surface area contributed by atoms with Crippen LogP contribution in [0.15, 0.2) is 85.2 Å². The van der Waals surface area contributed by atoms with E-state index in [-0.39, 0.29) is 5.91 Å². The van der Waals surface area contributed by atoms with Crippen LogP contribution in [0.5, 0.6) is 0 Å². The van der Waals surface area contributed by atoms with Gasteiger partial charge in [0.05, 0.1) is 5.69 Å². The van der Waals surface area contributed by atoms with E-state index >= 15 is 0 Å². The van der Waals surface area contributed by atoms with Crippen LogP contribution in [0.3, 0.4) is 0 Å². The van der Waals surface area contributed by atoms with Crippen molar-refractivity contribution in [3.05, 3.63) is 90.8 Å². The summed E-state index contributed by atoms with van der Waals surface area (Å²) in [6, 6.07) is 23.3. The zero-order chi connectivity index (χ0) is 22.5. The molecule has 4 aromatic rings. The maximum atomic E-state index is 12.8. The summed E-state index contributed by atoms with van der Waals surface area (Å²) in [5, 5.41) is 11.9. The molecule has 1 saturated heterocycles. The van der Waals surface area contributed by atoms with Crippen LogP contribution < -0.4 is 10.2 Å². The lowest BCUT2D eigenvalue weighted by atomic mass is 10.1. The standard InChI is InChI=1S/C27H27N5O/c33-27(21-10-12-24(13-11-21)31-16-5-6-17-31)28-23-9-7-8-22(20-23)25-14-15-26(30-29-25)32-18-3-1-2-4-19-32/h5-17,20H,1-4,18-19H2,(H,28,33). The summed E-state index contributed by atoms with van der Waals surface area (Å²) < 4.78 is 2.00. The number of carbonyl (C=O) groups excluding carboxylic acids is 1. The fourth-order valence-electron chi connectivity index (χ4n) is 4.20. The normalized spacial score (nSPS) is 14.0. The molecule has 1 N–H and O–H groups in total. The number of hydrogen-bond acceptors (Lipinski definition) is 4. The molecule has 1 fully saturated rings. The van der Waals surface area contributed by atoms with Crippen molar-refractivity contribution in [2.75, 3.05) is 23.3 Å². The number of aromatic nitrogens is 3. The predicted octanol–water partition coefficient (Wildman–Crippen LogP) is 5.57. The fraction of sp³-hybridized carbons (Fsp3) is 0.222. The second-order valence-corrected chi connectivity index (χ2v) is 8.35. The summed E-state index contributed by atoms with van der Waals surface area (Å²) in [5.41, 5.74) is 4.07. The first-order valence-corrected chi connectivity index (χ1v) is 11.5. The van der Waals surface area contributed by atoms with Gasteiger partial charge in [-0.3, -0.25) is 4.79 Å². The molecule has 6 heteroatoms. The third-order valence-electron chi connectivity index (χ3n) is 6.03. The summed E-state index contributed by atoms with van der Waals surface area (Å²) in [4.78, 5) is 15.1. The fourth-order valence-corrected chi connectivity index (χ4v) is 4.20. The van der Waals surface area contributed by atoms with Crippen LogP contribution >= 0.6 is 0 Å². The summed E-state index contributed by atoms with van der Waals surface area (Å²) in [5.74, 6) is 0.794. The van der Waals surface area contributed by atoms with Crippen molar-refractivity contribution in [1.82, 2.24) is 14.8 Å². The van der Waals surface area contributed by atoms with Crippen molar-refractivity contribution in [3.63, 3.8) is 0 Å². The van der Waals surface area contributed by atoms with Crippen molar-refractivity contribution >= 4 is 17.4 Å². The Bertz CT molecular complexity index is 1190. The van der Waals surface area contributed by atoms with Crippen molar-refractivity contribution in [3.8, 4) is 16.9 Å². The summed E-state index contributed by atoms with van der Waals surface area (Å²) in [6.45, 7) is 2.09. The van der Waals surface area contributed by atoms with Gasteiger partial charge in [-0.15, -0.1) is 10.2 Å². The van der Waals surface area contributed by atoms with Gasteiger partial charge in [-0.1, -0.05) is 25.0 Å². The van der Waals surface area contributed by atoms with E-state index in [0.29, 0.717) is 5.56 Å². The highest BCUT2D eigenvalue weighted by atomic mass is 16.1. The Labute approximate surface area is 193 Å². The van der Waals surface area contributed by atoms with Gasteiger partial charge in [0.25, 0.3) is 5.91 Å². The molecule has 0 spiro atoms. The SMILES string of the molecule is O=C(Nc1cccc(-c2ccc(N3CCCCCC3)nn2)c1)c1ccc(-n2cccc2)cc1. The van der Waals surface area contributed by atoms with Gasteiger partial charge in [0.15, 0.2) is 5.82 Å². The third kappa shape index (κ3) is 4.95. The molecule has 6 nitrogen and oxygen atoms in total. The maximum absolute atomic E-state index is 12.8. The van der Waals surface area contributed by atoms with Crippen LogP contribution in [0.2, 0.25) is 0 Å². The zero-order valence-electron chi connectivity index (χ0n) is 18.5. The molecule has 2 aromatic heterocycles. The number of nitrogens with one attached hydrogen (secondary N) is 1. The van der Waals surface area contributed by atoms with E-state index in [4.69, 9.17) is 0 Å². The van der Waals surface area contributed by atoms with E-state index in [1.165, 1.54) is 25.7 Å². The Morgan fingerprint density at radius 1 is 0.788 bits per heavy atom. The van der Waals surface area contributed by atoms with Gasteiger partial charge in [0.2, 0.25) is 0 Å². The van der Waals surface area contributed by atoms with Crippen molar-refractivity contribution < 1.29 is 4.79 Å². The third-order valence-corrected chi connectivity index (χ3v) is 6.03. The average molecular weight is 438 g/mol. The van der Waals surface area contributed by atoms with Gasteiger partial charge in [-0.2, -0.15) is 0 Å². The van der Waals surface area contributed by atoms with Gasteiger partial charge in [-0.25, -0.2) is 0 Å². The summed E-state index contributed by atoms with van der Waals surface area (Å²) in [6.07, 6.45) is 8.95. The molecule has 0 atom stereocenters. The zero-order valence-corrected chi connectivity index (χ0v) is 18.5. The molecule has 166 valence electrons. The lowest BCUT2D eigenvalue weighted by molar-refractivity contribution is 0.102. The Kier molecular flexibility index (Phi) is 6.15. The van der Waals surface area contributed by atoms with E-state index < -0.39 is 0 Å². The minimum absolute atomic E-state index is 0.145. The molecular weight excluding hydrogens is 410 g/mol. The highest BCUT2D eigenvalue weighted by Gasteiger charge is 2.12. The summed E-state index contributed by atoms with van der Waals surface area (Å²) in [7, 11) is 0. The molecule has 5 rings (SSSR count). The van der Waals surface area contributed by atoms with E-state index in [2.05, 4.69) is 20.4 Å². The number of carbonyl (C=O) groups is 1. The van der Waals surface area contributed by atoms with E-state index in [9.17, 15) is 4.79 Å². The smallest absolute Gasteiger partial charge is 0.255 e. The number of amides is 1. The van der Waals surface area contributed by atoms with Gasteiger partial charge in [-0.05, 0) is 73.5 Å². The number of nitrogens with zero attached hydrogens (tertiary/aromatic N) is 4. The van der Waals surface area contributed by atoms with Crippen LogP contribution in [-0.4, -0.2) is 33.8 Å². The first kappa shape index (κ1) is 20.9. The van der Waals surface area contributed by atoms with Gasteiger partial charge in [0, 0.05) is 48.0 Å². The van der Waals surface area contributed by atoms with Crippen LogP contribution in [0, 0.1) is 0 Å². The van der Waals surface area contributed by atoms with E-state index in [0.717, 1.165) is 41.5 Å². The largest absolute Gasteiger partial charge is 0.355 e. The molecule has 33 heavy (non-hydrogen) atoms. The molecule has 1 aliphatic heterocycles. The highest BCUT2D eigenvalue weighted by Crippen LogP contribution is 2.23. The van der Waals surface area contributed by atoms with Crippen LogP contribution in [0.4, 0.5) is 11.5 Å². The Morgan fingerprint density at radius 2 is 1.55 bits per heavy atom. The molecule has 0 saturated carbocycles. The first-order valence-electron chi connectivity index (χ1n) is 11.5. The topological polar surface area (TPSA) is 63.1 Å². The van der Waals surface area contributed by atoms with Crippen LogP contribution in [-0.2, 0) is 0 Å². The van der Waals surface area contributed by atoms with Crippen LogP contribution in [0.25, 0.3) is 16.9 Å². The minimum Gasteiger partial charge on any atom is -0.355 e. The molecular formula is C27H27N5O. The monoisotopic (exact) mass is 437 g/mol. The second kappa shape index (κ2) is 9.69. The van der Waals surface area contributed by atoms with Gasteiger partial charge in [0.1, 0.15) is 0 Å². The van der Waals surface area contributed by atoms with Gasteiger partial charge >= 0.3 is 0 Å². The van der Waals surface area contributed by atoms with E-state index in [1.807, 2.05) is 89.8 Å². The number of hydrogen-bond donors (Lipinski definition) is 1. The van der Waals surface area contributed by atoms with Crippen molar-refractivity contribution in [2.45, 2.75) is 25.7 Å². The second-order valence-electron chi connectivity index (χ2n) is 8.35. The van der Waals surface area contributed by atoms with Crippen LogP contribution in [0.1, 0.15) is 36.0 Å².